The summed E-state index contributed by atoms with van der Waals surface area (Å²) < 4.78 is 28.7. The lowest BCUT2D eigenvalue weighted by Crippen LogP contribution is -2.52. The highest BCUT2D eigenvalue weighted by molar-refractivity contribution is 7.92. The number of halogens is 1. The molecule has 0 aliphatic carbocycles. The molecule has 0 radical (unpaired) electrons. The molecule has 0 fully saturated rings. The van der Waals surface area contributed by atoms with E-state index in [-0.39, 0.29) is 29.1 Å². The van der Waals surface area contributed by atoms with E-state index in [1.165, 1.54) is 23.1 Å². The van der Waals surface area contributed by atoms with Gasteiger partial charge in [-0.15, -0.1) is 0 Å². The average molecular weight is 570 g/mol. The van der Waals surface area contributed by atoms with Gasteiger partial charge in [0.25, 0.3) is 10.0 Å². The number of aryl methyl sites for hydroxylation is 2. The second kappa shape index (κ2) is 13.1. The zero-order valence-corrected chi connectivity index (χ0v) is 24.6. The molecule has 39 heavy (non-hydrogen) atoms. The van der Waals surface area contributed by atoms with E-state index < -0.39 is 28.5 Å². The van der Waals surface area contributed by atoms with Crippen molar-refractivity contribution in [3.05, 3.63) is 94.5 Å². The smallest absolute Gasteiger partial charge is 0.264 e. The highest BCUT2D eigenvalue weighted by Gasteiger charge is 2.32. The van der Waals surface area contributed by atoms with Crippen LogP contribution in [0.25, 0.3) is 0 Å². The van der Waals surface area contributed by atoms with Crippen molar-refractivity contribution in [2.45, 2.75) is 64.6 Å². The molecule has 0 aliphatic rings. The number of amides is 2. The minimum absolute atomic E-state index is 0.0497. The van der Waals surface area contributed by atoms with Crippen molar-refractivity contribution >= 4 is 39.1 Å². The van der Waals surface area contributed by atoms with E-state index in [0.717, 1.165) is 27.4 Å². The summed E-state index contributed by atoms with van der Waals surface area (Å²) in [6.45, 7) is 8.96. The van der Waals surface area contributed by atoms with Crippen molar-refractivity contribution in [3.8, 4) is 0 Å². The van der Waals surface area contributed by atoms with Gasteiger partial charge in [0.15, 0.2) is 0 Å². The number of carbonyl (C=O) groups excluding carboxylic acids is 2. The van der Waals surface area contributed by atoms with Crippen molar-refractivity contribution < 1.29 is 18.0 Å². The van der Waals surface area contributed by atoms with Crippen LogP contribution in [0.15, 0.2) is 77.7 Å². The summed E-state index contributed by atoms with van der Waals surface area (Å²) >= 11 is 6.21. The third-order valence-electron chi connectivity index (χ3n) is 6.59. The topological polar surface area (TPSA) is 86.8 Å². The third-order valence-corrected chi connectivity index (χ3v) is 8.61. The monoisotopic (exact) mass is 569 g/mol. The van der Waals surface area contributed by atoms with Gasteiger partial charge >= 0.3 is 0 Å². The zero-order chi connectivity index (χ0) is 28.7. The van der Waals surface area contributed by atoms with Crippen LogP contribution in [0.2, 0.25) is 5.02 Å². The van der Waals surface area contributed by atoms with Gasteiger partial charge in [0, 0.05) is 17.6 Å². The molecule has 0 unspecified atom stereocenters. The van der Waals surface area contributed by atoms with Gasteiger partial charge in [0.05, 0.1) is 10.6 Å². The SMILES string of the molecule is CC[C@@H](C)NC(=O)[C@@H](C)N(Cc1cccc(C)c1)C(=O)CN(c1cccc(Cl)c1)S(=O)(=O)c1ccc(C)cc1. The lowest BCUT2D eigenvalue weighted by molar-refractivity contribution is -0.139. The van der Waals surface area contributed by atoms with Gasteiger partial charge in [0.2, 0.25) is 11.8 Å². The first kappa shape index (κ1) is 30.2. The minimum atomic E-state index is -4.14. The van der Waals surface area contributed by atoms with Gasteiger partial charge in [0.1, 0.15) is 12.6 Å². The van der Waals surface area contributed by atoms with Gasteiger partial charge in [-0.05, 0) is 70.0 Å². The maximum Gasteiger partial charge on any atom is 0.264 e. The molecule has 9 heteroatoms. The molecule has 0 bridgehead atoms. The minimum Gasteiger partial charge on any atom is -0.352 e. The largest absolute Gasteiger partial charge is 0.352 e. The molecular weight excluding hydrogens is 534 g/mol. The van der Waals surface area contributed by atoms with E-state index in [1.807, 2.05) is 52.0 Å². The zero-order valence-electron chi connectivity index (χ0n) is 23.0. The first-order chi connectivity index (χ1) is 18.4. The summed E-state index contributed by atoms with van der Waals surface area (Å²) in [5.41, 5.74) is 3.01. The van der Waals surface area contributed by atoms with E-state index in [1.54, 1.807) is 37.3 Å². The second-order valence-electron chi connectivity index (χ2n) is 9.81. The van der Waals surface area contributed by atoms with Crippen molar-refractivity contribution in [2.75, 3.05) is 10.8 Å². The van der Waals surface area contributed by atoms with Crippen LogP contribution in [-0.4, -0.2) is 43.8 Å². The lowest BCUT2D eigenvalue weighted by atomic mass is 10.1. The summed E-state index contributed by atoms with van der Waals surface area (Å²) in [5, 5.41) is 3.27. The van der Waals surface area contributed by atoms with Crippen molar-refractivity contribution in [1.82, 2.24) is 10.2 Å². The summed E-state index contributed by atoms with van der Waals surface area (Å²) in [5.74, 6) is -0.819. The summed E-state index contributed by atoms with van der Waals surface area (Å²) in [7, 11) is -4.14. The van der Waals surface area contributed by atoms with Gasteiger partial charge in [-0.3, -0.25) is 13.9 Å². The standard InChI is InChI=1S/C30H36ClN3O4S/c1-6-23(4)32-30(36)24(5)33(19-25-10-7-9-22(3)17-25)29(35)20-34(27-12-8-11-26(31)18-27)39(37,38)28-15-13-21(2)14-16-28/h7-18,23-24H,6,19-20H2,1-5H3,(H,32,36)/t23-,24-/m1/s1. The number of carbonyl (C=O) groups is 2. The van der Waals surface area contributed by atoms with Crippen LogP contribution in [-0.2, 0) is 26.2 Å². The second-order valence-corrected chi connectivity index (χ2v) is 12.1. The molecule has 3 rings (SSSR count). The maximum absolute atomic E-state index is 13.9. The van der Waals surface area contributed by atoms with E-state index in [0.29, 0.717) is 5.02 Å². The first-order valence-corrected chi connectivity index (χ1v) is 14.7. The van der Waals surface area contributed by atoms with Crippen LogP contribution in [0.5, 0.6) is 0 Å². The Bertz CT molecular complexity index is 1410. The molecular formula is C30H36ClN3O4S. The van der Waals surface area contributed by atoms with Crippen molar-refractivity contribution in [3.63, 3.8) is 0 Å². The van der Waals surface area contributed by atoms with Gasteiger partial charge < -0.3 is 10.2 Å². The highest BCUT2D eigenvalue weighted by Crippen LogP contribution is 2.27. The lowest BCUT2D eigenvalue weighted by Gasteiger charge is -2.32. The summed E-state index contributed by atoms with van der Waals surface area (Å²) in [4.78, 5) is 28.5. The number of nitrogens with zero attached hydrogens (tertiary/aromatic N) is 2. The Balaban J connectivity index is 2.03. The number of benzene rings is 3. The molecule has 2 amide bonds. The predicted molar refractivity (Wildman–Crippen MR) is 156 cm³/mol. The van der Waals surface area contributed by atoms with Crippen molar-refractivity contribution in [1.29, 1.82) is 0 Å². The quantitative estimate of drug-likeness (QED) is 0.331. The predicted octanol–water partition coefficient (Wildman–Crippen LogP) is 5.48. The Labute approximate surface area is 236 Å². The fraction of sp³-hybridized carbons (Fsp3) is 0.333. The first-order valence-electron chi connectivity index (χ1n) is 12.9. The van der Waals surface area contributed by atoms with E-state index >= 15 is 0 Å². The van der Waals surface area contributed by atoms with E-state index in [4.69, 9.17) is 11.6 Å². The fourth-order valence-corrected chi connectivity index (χ4v) is 5.64. The Morgan fingerprint density at radius 2 is 1.59 bits per heavy atom. The molecule has 3 aromatic carbocycles. The van der Waals surface area contributed by atoms with Gasteiger partial charge in [-0.25, -0.2) is 8.42 Å². The Morgan fingerprint density at radius 3 is 2.21 bits per heavy atom. The molecule has 0 saturated carbocycles. The number of anilines is 1. The molecule has 0 aromatic heterocycles. The maximum atomic E-state index is 13.9. The highest BCUT2D eigenvalue weighted by atomic mass is 35.5. The number of rotatable bonds is 11. The van der Waals surface area contributed by atoms with Crippen LogP contribution in [0.4, 0.5) is 5.69 Å². The molecule has 1 N–H and O–H groups in total. The van der Waals surface area contributed by atoms with Crippen LogP contribution in [0.3, 0.4) is 0 Å². The number of sulfonamides is 1. The van der Waals surface area contributed by atoms with Crippen LogP contribution < -0.4 is 9.62 Å². The Hall–Kier alpha value is -3.36. The molecule has 3 aromatic rings. The number of nitrogens with one attached hydrogen (secondary N) is 1. The molecule has 2 atom stereocenters. The normalized spacial score (nSPS) is 12.9. The average Bonchev–Trinajstić information content (AvgIpc) is 2.89. The molecule has 0 aliphatic heterocycles. The Kier molecular flexibility index (Phi) is 10.2. The van der Waals surface area contributed by atoms with Gasteiger partial charge in [-0.2, -0.15) is 0 Å². The molecule has 0 saturated heterocycles. The molecule has 0 heterocycles. The summed E-state index contributed by atoms with van der Waals surface area (Å²) in [6.07, 6.45) is 0.738. The van der Waals surface area contributed by atoms with Crippen LogP contribution in [0.1, 0.15) is 43.9 Å². The summed E-state index contributed by atoms with van der Waals surface area (Å²) in [6, 6.07) is 19.5. The van der Waals surface area contributed by atoms with E-state index in [9.17, 15) is 18.0 Å². The fourth-order valence-electron chi connectivity index (χ4n) is 4.05. The van der Waals surface area contributed by atoms with Gasteiger partial charge in [-0.1, -0.05) is 72.1 Å². The molecule has 7 nitrogen and oxygen atoms in total. The Morgan fingerprint density at radius 1 is 0.923 bits per heavy atom. The van der Waals surface area contributed by atoms with Crippen LogP contribution in [0, 0.1) is 13.8 Å². The number of hydrogen-bond donors (Lipinski definition) is 1. The molecule has 0 spiro atoms. The number of hydrogen-bond acceptors (Lipinski definition) is 4. The van der Waals surface area contributed by atoms with E-state index in [2.05, 4.69) is 5.32 Å². The third kappa shape index (κ3) is 7.83. The molecule has 208 valence electrons. The van der Waals surface area contributed by atoms with Crippen molar-refractivity contribution in [2.24, 2.45) is 0 Å². The van der Waals surface area contributed by atoms with Crippen LogP contribution >= 0.6 is 11.6 Å².